The van der Waals surface area contributed by atoms with E-state index in [1.165, 1.54) is 44.2 Å². The number of carbonyl (C=O) groups is 1. The van der Waals surface area contributed by atoms with Crippen LogP contribution < -0.4 is 10.1 Å². The quantitative estimate of drug-likeness (QED) is 0.0636. The number of amides is 2. The van der Waals surface area contributed by atoms with Crippen molar-refractivity contribution < 1.29 is 19.2 Å². The molecule has 2 aromatic carbocycles. The number of aliphatic imine (C=N–C) groups is 1. The average Bonchev–Trinajstić information content (AvgIpc) is 2.94. The van der Waals surface area contributed by atoms with Crippen LogP contribution in [0.5, 0.6) is 11.8 Å². The number of nitro groups is 1. The molecule has 0 aliphatic carbocycles. The Hall–Kier alpha value is -3.86. The minimum atomic E-state index is -0.714. The number of benzene rings is 2. The first-order chi connectivity index (χ1) is 19.4. The predicted octanol–water partition coefficient (Wildman–Crippen LogP) is 8.38. The van der Waals surface area contributed by atoms with Gasteiger partial charge in [-0.1, -0.05) is 64.0 Å². The highest BCUT2D eigenvalue weighted by molar-refractivity contribution is 9.10. The van der Waals surface area contributed by atoms with Crippen LogP contribution >= 0.6 is 15.9 Å². The Morgan fingerprint density at radius 2 is 1.70 bits per heavy atom. The Balaban J connectivity index is 1.66. The zero-order valence-electron chi connectivity index (χ0n) is 22.8. The van der Waals surface area contributed by atoms with Crippen molar-refractivity contribution in [3.63, 3.8) is 0 Å². The molecule has 1 aromatic heterocycles. The standard InChI is InChI=1S/C29H34BrN5O5/c1-3-4-5-6-7-8-9-12-17-39-27(24-13-10-11-14-25(24)35(37)38)34-28(36)33-23-15-16-26(21(2)18-23)40-29-31-19-22(30)20-32-29/h10-11,13-16,18-20H,3-9,12,17H2,1-2H3,(H,33,36)/b34-27-. The average molecular weight is 613 g/mol. The second-order valence-corrected chi connectivity index (χ2v) is 10.1. The summed E-state index contributed by atoms with van der Waals surface area (Å²) < 4.78 is 12.3. The van der Waals surface area contributed by atoms with Crippen molar-refractivity contribution in [1.29, 1.82) is 0 Å². The number of nitrogens with one attached hydrogen (secondary N) is 1. The number of aryl methyl sites for hydroxylation is 1. The number of para-hydroxylation sites is 1. The molecule has 0 spiro atoms. The molecular formula is C29H34BrN5O5. The number of urea groups is 1. The van der Waals surface area contributed by atoms with Gasteiger partial charge in [0.15, 0.2) is 0 Å². The maximum atomic E-state index is 12.9. The van der Waals surface area contributed by atoms with Crippen LogP contribution in [0.3, 0.4) is 0 Å². The molecule has 10 nitrogen and oxygen atoms in total. The van der Waals surface area contributed by atoms with Gasteiger partial charge in [-0.3, -0.25) is 10.1 Å². The summed E-state index contributed by atoms with van der Waals surface area (Å²) in [6.45, 7) is 4.32. The van der Waals surface area contributed by atoms with Crippen LogP contribution in [0.2, 0.25) is 0 Å². The van der Waals surface area contributed by atoms with E-state index < -0.39 is 11.0 Å². The van der Waals surface area contributed by atoms with E-state index in [0.29, 0.717) is 18.0 Å². The largest absolute Gasteiger partial charge is 0.477 e. The molecule has 0 radical (unpaired) electrons. The Morgan fingerprint density at radius 1 is 1.02 bits per heavy atom. The second-order valence-electron chi connectivity index (χ2n) is 9.21. The number of aromatic nitrogens is 2. The van der Waals surface area contributed by atoms with E-state index in [9.17, 15) is 14.9 Å². The number of halogens is 1. The van der Waals surface area contributed by atoms with Gasteiger partial charge in [0.25, 0.3) is 5.69 Å². The molecule has 0 unspecified atom stereocenters. The van der Waals surface area contributed by atoms with Gasteiger partial charge in [0, 0.05) is 24.1 Å². The van der Waals surface area contributed by atoms with Crippen molar-refractivity contribution in [3.8, 4) is 11.8 Å². The van der Waals surface area contributed by atoms with E-state index in [-0.39, 0.29) is 23.2 Å². The Labute approximate surface area is 242 Å². The lowest BCUT2D eigenvalue weighted by Crippen LogP contribution is -2.16. The number of rotatable bonds is 14. The molecule has 1 N–H and O–H groups in total. The molecule has 0 bridgehead atoms. The van der Waals surface area contributed by atoms with E-state index in [1.54, 1.807) is 42.7 Å². The van der Waals surface area contributed by atoms with Gasteiger partial charge < -0.3 is 14.8 Å². The summed E-state index contributed by atoms with van der Waals surface area (Å²) in [5.41, 5.74) is 1.17. The number of carbonyl (C=O) groups excluding carboxylic acids is 1. The van der Waals surface area contributed by atoms with E-state index in [1.807, 2.05) is 6.92 Å². The van der Waals surface area contributed by atoms with Crippen molar-refractivity contribution in [1.82, 2.24) is 9.97 Å². The van der Waals surface area contributed by atoms with Gasteiger partial charge in [0.05, 0.1) is 16.0 Å². The van der Waals surface area contributed by atoms with E-state index in [0.717, 1.165) is 29.3 Å². The normalized spacial score (nSPS) is 11.2. The number of anilines is 1. The van der Waals surface area contributed by atoms with Gasteiger partial charge in [-0.25, -0.2) is 14.8 Å². The molecule has 0 aliphatic rings. The zero-order valence-corrected chi connectivity index (χ0v) is 24.4. The molecule has 0 saturated heterocycles. The molecule has 40 heavy (non-hydrogen) atoms. The van der Waals surface area contributed by atoms with Gasteiger partial charge in [0.1, 0.15) is 11.3 Å². The van der Waals surface area contributed by atoms with E-state index in [4.69, 9.17) is 9.47 Å². The maximum Gasteiger partial charge on any atom is 0.348 e. The lowest BCUT2D eigenvalue weighted by atomic mass is 10.1. The first-order valence-electron chi connectivity index (χ1n) is 13.4. The number of hydrogen-bond acceptors (Lipinski definition) is 7. The monoisotopic (exact) mass is 611 g/mol. The molecule has 0 fully saturated rings. The van der Waals surface area contributed by atoms with Gasteiger partial charge >= 0.3 is 12.0 Å². The van der Waals surface area contributed by atoms with Crippen LogP contribution in [0.1, 0.15) is 69.4 Å². The molecule has 0 aliphatic heterocycles. The molecule has 3 aromatic rings. The Bertz CT molecular complexity index is 1300. The van der Waals surface area contributed by atoms with Crippen LogP contribution in [0.15, 0.2) is 64.3 Å². The number of nitrogens with zero attached hydrogens (tertiary/aromatic N) is 4. The summed E-state index contributed by atoms with van der Waals surface area (Å²) in [7, 11) is 0. The Morgan fingerprint density at radius 3 is 2.38 bits per heavy atom. The van der Waals surface area contributed by atoms with Crippen LogP contribution in [0.25, 0.3) is 0 Å². The molecule has 212 valence electrons. The van der Waals surface area contributed by atoms with Crippen LogP contribution in [-0.2, 0) is 4.74 Å². The third kappa shape index (κ3) is 10.0. The fourth-order valence-corrected chi connectivity index (χ4v) is 4.13. The van der Waals surface area contributed by atoms with Gasteiger partial charge in [-0.05, 0) is 59.1 Å². The van der Waals surface area contributed by atoms with Crippen molar-refractivity contribution in [2.45, 2.75) is 65.2 Å². The highest BCUT2D eigenvalue weighted by atomic mass is 79.9. The highest BCUT2D eigenvalue weighted by Crippen LogP contribution is 2.26. The lowest BCUT2D eigenvalue weighted by Gasteiger charge is -2.11. The van der Waals surface area contributed by atoms with E-state index in [2.05, 4.69) is 43.1 Å². The molecule has 11 heteroatoms. The number of unbranched alkanes of at least 4 members (excludes halogenated alkanes) is 7. The molecular weight excluding hydrogens is 578 g/mol. The number of hydrogen-bond donors (Lipinski definition) is 1. The summed E-state index contributed by atoms with van der Waals surface area (Å²) in [5.74, 6) is 0.440. The third-order valence-electron chi connectivity index (χ3n) is 6.00. The summed E-state index contributed by atoms with van der Waals surface area (Å²) in [6.07, 6.45) is 12.1. The summed E-state index contributed by atoms with van der Waals surface area (Å²) >= 11 is 3.28. The molecule has 3 rings (SSSR count). The van der Waals surface area contributed by atoms with Gasteiger partial charge in [0.2, 0.25) is 5.90 Å². The fourth-order valence-electron chi connectivity index (χ4n) is 3.93. The topological polar surface area (TPSA) is 129 Å². The van der Waals surface area contributed by atoms with Crippen LogP contribution in [0, 0.1) is 17.0 Å². The summed E-state index contributed by atoms with van der Waals surface area (Å²) in [5, 5.41) is 14.3. The first kappa shape index (κ1) is 30.7. The van der Waals surface area contributed by atoms with E-state index >= 15 is 0 Å². The van der Waals surface area contributed by atoms with Crippen molar-refractivity contribution in [2.24, 2.45) is 4.99 Å². The number of ether oxygens (including phenoxy) is 2. The smallest absolute Gasteiger partial charge is 0.348 e. The second kappa shape index (κ2) is 16.3. The van der Waals surface area contributed by atoms with Crippen molar-refractivity contribution in [3.05, 3.63) is 80.6 Å². The summed E-state index contributed by atoms with van der Waals surface area (Å²) in [6, 6.07) is 10.6. The number of nitro benzene ring substituents is 1. The molecule has 2 amide bonds. The third-order valence-corrected chi connectivity index (χ3v) is 6.40. The minimum Gasteiger partial charge on any atom is -0.477 e. The van der Waals surface area contributed by atoms with Gasteiger partial charge in [-0.2, -0.15) is 4.99 Å². The van der Waals surface area contributed by atoms with Crippen LogP contribution in [-0.4, -0.2) is 33.4 Å². The minimum absolute atomic E-state index is 0.0863. The molecule has 0 atom stereocenters. The maximum absolute atomic E-state index is 12.9. The highest BCUT2D eigenvalue weighted by Gasteiger charge is 2.20. The first-order valence-corrected chi connectivity index (χ1v) is 14.2. The molecule has 1 heterocycles. The SMILES string of the molecule is CCCCCCCCCCO/C(=N\C(=O)Nc1ccc(Oc2ncc(Br)cn2)c(C)c1)c1ccccc1[N+](=O)[O-]. The van der Waals surface area contributed by atoms with Gasteiger partial charge in [-0.15, -0.1) is 0 Å². The lowest BCUT2D eigenvalue weighted by molar-refractivity contribution is -0.385. The predicted molar refractivity (Wildman–Crippen MR) is 158 cm³/mol. The van der Waals surface area contributed by atoms with Crippen molar-refractivity contribution >= 4 is 39.2 Å². The molecule has 0 saturated carbocycles. The van der Waals surface area contributed by atoms with Crippen LogP contribution in [0.4, 0.5) is 16.2 Å². The zero-order chi connectivity index (χ0) is 28.7. The van der Waals surface area contributed by atoms with Crippen molar-refractivity contribution in [2.75, 3.05) is 11.9 Å². The Kier molecular flexibility index (Phi) is 12.5. The summed E-state index contributed by atoms with van der Waals surface area (Å²) in [4.78, 5) is 36.2. The fraction of sp³-hybridized carbons (Fsp3) is 0.379.